The monoisotopic (exact) mass is 323 g/mol. The molecule has 1 saturated heterocycles. The molecular formula is C11H12F3N3O3S. The maximum Gasteiger partial charge on any atom is 0.443 e. The summed E-state index contributed by atoms with van der Waals surface area (Å²) in [5, 5.41) is 4.12. The summed E-state index contributed by atoms with van der Waals surface area (Å²) in [4.78, 5) is 26.1. The molecule has 1 aliphatic rings. The standard InChI is InChI=1S/C11H12F3N3O3S/c1-2-20-9(19)7-8(16-5-3-6(18)15-4-5)21-10(17-7)11(12,13)14/h5,16H,2-4H2,1H3,(H,15,18). The maximum atomic E-state index is 12.7. The van der Waals surface area contributed by atoms with Crippen LogP contribution in [0.5, 0.6) is 0 Å². The average molecular weight is 323 g/mol. The number of nitrogens with zero attached hydrogens (tertiary/aromatic N) is 1. The van der Waals surface area contributed by atoms with Gasteiger partial charge in [-0.15, -0.1) is 0 Å². The Kier molecular flexibility index (Phi) is 4.35. The molecule has 0 spiro atoms. The smallest absolute Gasteiger partial charge is 0.443 e. The van der Waals surface area contributed by atoms with E-state index in [1.54, 1.807) is 6.92 Å². The predicted molar refractivity (Wildman–Crippen MR) is 68.1 cm³/mol. The Morgan fingerprint density at radius 1 is 1.57 bits per heavy atom. The van der Waals surface area contributed by atoms with Gasteiger partial charge in [0.25, 0.3) is 0 Å². The fourth-order valence-corrected chi connectivity index (χ4v) is 2.67. The third-order valence-electron chi connectivity index (χ3n) is 2.65. The summed E-state index contributed by atoms with van der Waals surface area (Å²) in [6.07, 6.45) is -4.52. The molecule has 1 aliphatic heterocycles. The lowest BCUT2D eigenvalue weighted by Crippen LogP contribution is -2.23. The summed E-state index contributed by atoms with van der Waals surface area (Å²) < 4.78 is 42.8. The van der Waals surface area contributed by atoms with Gasteiger partial charge in [-0.2, -0.15) is 13.2 Å². The number of nitrogens with one attached hydrogen (secondary N) is 2. The highest BCUT2D eigenvalue weighted by atomic mass is 32.1. The Morgan fingerprint density at radius 3 is 2.81 bits per heavy atom. The number of halogens is 3. The van der Waals surface area contributed by atoms with E-state index in [0.29, 0.717) is 11.3 Å². The second kappa shape index (κ2) is 5.88. The molecule has 116 valence electrons. The van der Waals surface area contributed by atoms with Crippen LogP contribution in [0, 0.1) is 0 Å². The molecule has 1 unspecified atom stereocenters. The van der Waals surface area contributed by atoms with Crippen LogP contribution in [-0.4, -0.2) is 36.1 Å². The van der Waals surface area contributed by atoms with Crippen LogP contribution in [0.4, 0.5) is 18.2 Å². The Bertz CT molecular complexity index is 559. The number of amides is 1. The van der Waals surface area contributed by atoms with E-state index in [-0.39, 0.29) is 36.5 Å². The molecule has 1 atom stereocenters. The van der Waals surface area contributed by atoms with Crippen molar-refractivity contribution in [2.45, 2.75) is 25.6 Å². The minimum atomic E-state index is -4.64. The molecule has 10 heteroatoms. The number of alkyl halides is 3. The lowest BCUT2D eigenvalue weighted by atomic mass is 10.2. The van der Waals surface area contributed by atoms with Crippen LogP contribution in [-0.2, 0) is 15.7 Å². The quantitative estimate of drug-likeness (QED) is 0.824. The summed E-state index contributed by atoms with van der Waals surface area (Å²) in [5.41, 5.74) is -0.409. The fraction of sp³-hybridized carbons (Fsp3) is 0.545. The number of aromatic nitrogens is 1. The Hall–Kier alpha value is -1.84. The second-order valence-electron chi connectivity index (χ2n) is 4.26. The zero-order valence-corrected chi connectivity index (χ0v) is 11.7. The highest BCUT2D eigenvalue weighted by molar-refractivity contribution is 7.16. The molecule has 0 radical (unpaired) electrons. The summed E-state index contributed by atoms with van der Waals surface area (Å²) in [6, 6.07) is -0.382. The molecule has 1 aromatic rings. The van der Waals surface area contributed by atoms with E-state index in [1.165, 1.54) is 0 Å². The van der Waals surface area contributed by atoms with Gasteiger partial charge in [0.05, 0.1) is 12.6 Å². The largest absolute Gasteiger partial charge is 0.461 e. The van der Waals surface area contributed by atoms with Crippen LogP contribution < -0.4 is 10.6 Å². The summed E-state index contributed by atoms with van der Waals surface area (Å²) in [5.74, 6) is -1.13. The number of hydrogen-bond acceptors (Lipinski definition) is 6. The van der Waals surface area contributed by atoms with Crippen molar-refractivity contribution in [2.24, 2.45) is 0 Å². The molecule has 2 N–H and O–H groups in total. The number of hydrogen-bond donors (Lipinski definition) is 2. The Morgan fingerprint density at radius 2 is 2.29 bits per heavy atom. The SMILES string of the molecule is CCOC(=O)c1nc(C(F)(F)F)sc1NC1CNC(=O)C1. The number of anilines is 1. The molecule has 2 rings (SSSR count). The Balaban J connectivity index is 2.26. The highest BCUT2D eigenvalue weighted by Gasteiger charge is 2.38. The molecule has 2 heterocycles. The van der Waals surface area contributed by atoms with Crippen LogP contribution in [0.25, 0.3) is 0 Å². The van der Waals surface area contributed by atoms with Crippen LogP contribution in [0.3, 0.4) is 0 Å². The van der Waals surface area contributed by atoms with Crippen molar-refractivity contribution in [1.29, 1.82) is 0 Å². The van der Waals surface area contributed by atoms with Crippen molar-refractivity contribution in [2.75, 3.05) is 18.5 Å². The van der Waals surface area contributed by atoms with Crippen LogP contribution >= 0.6 is 11.3 Å². The van der Waals surface area contributed by atoms with Gasteiger partial charge in [0.15, 0.2) is 5.69 Å². The molecule has 0 saturated carbocycles. The van der Waals surface area contributed by atoms with Crippen molar-refractivity contribution in [3.8, 4) is 0 Å². The van der Waals surface area contributed by atoms with Crippen molar-refractivity contribution in [3.05, 3.63) is 10.7 Å². The third-order valence-corrected chi connectivity index (χ3v) is 3.68. The number of carbonyl (C=O) groups excluding carboxylic acids is 2. The van der Waals surface area contributed by atoms with E-state index in [2.05, 4.69) is 15.6 Å². The van der Waals surface area contributed by atoms with Crippen molar-refractivity contribution < 1.29 is 27.5 Å². The minimum Gasteiger partial charge on any atom is -0.461 e. The fourth-order valence-electron chi connectivity index (χ4n) is 1.77. The lowest BCUT2D eigenvalue weighted by molar-refractivity contribution is -0.137. The van der Waals surface area contributed by atoms with Gasteiger partial charge in [0.2, 0.25) is 10.9 Å². The van der Waals surface area contributed by atoms with Crippen molar-refractivity contribution >= 4 is 28.2 Å². The van der Waals surface area contributed by atoms with Gasteiger partial charge in [0.1, 0.15) is 5.00 Å². The molecule has 1 fully saturated rings. The van der Waals surface area contributed by atoms with Gasteiger partial charge in [-0.1, -0.05) is 11.3 Å². The maximum absolute atomic E-state index is 12.7. The molecule has 6 nitrogen and oxygen atoms in total. The zero-order valence-electron chi connectivity index (χ0n) is 10.9. The van der Waals surface area contributed by atoms with Gasteiger partial charge >= 0.3 is 12.1 Å². The van der Waals surface area contributed by atoms with E-state index < -0.39 is 22.8 Å². The van der Waals surface area contributed by atoms with E-state index in [0.717, 1.165) is 0 Å². The first kappa shape index (κ1) is 15.5. The first-order chi connectivity index (χ1) is 9.81. The normalized spacial score (nSPS) is 18.5. The predicted octanol–water partition coefficient (Wildman–Crippen LogP) is 1.64. The number of ether oxygens (including phenoxy) is 1. The van der Waals surface area contributed by atoms with Crippen molar-refractivity contribution in [1.82, 2.24) is 10.3 Å². The molecule has 0 aromatic carbocycles. The number of thiazole rings is 1. The Labute approximate surface area is 121 Å². The lowest BCUT2D eigenvalue weighted by Gasteiger charge is -2.10. The third kappa shape index (κ3) is 3.63. The van der Waals surface area contributed by atoms with E-state index in [1.807, 2.05) is 0 Å². The topological polar surface area (TPSA) is 80.3 Å². The number of rotatable bonds is 4. The van der Waals surface area contributed by atoms with E-state index >= 15 is 0 Å². The first-order valence-corrected chi connectivity index (χ1v) is 6.91. The summed E-state index contributed by atoms with van der Waals surface area (Å²) in [6.45, 7) is 1.85. The molecule has 0 bridgehead atoms. The summed E-state index contributed by atoms with van der Waals surface area (Å²) >= 11 is 0.322. The highest BCUT2D eigenvalue weighted by Crippen LogP contribution is 2.37. The van der Waals surface area contributed by atoms with Crippen LogP contribution in [0.15, 0.2) is 0 Å². The minimum absolute atomic E-state index is 0.0284. The summed E-state index contributed by atoms with van der Waals surface area (Å²) in [7, 11) is 0. The number of carbonyl (C=O) groups is 2. The van der Waals surface area contributed by atoms with E-state index in [9.17, 15) is 22.8 Å². The van der Waals surface area contributed by atoms with Gasteiger partial charge < -0.3 is 15.4 Å². The van der Waals surface area contributed by atoms with Gasteiger partial charge in [0, 0.05) is 13.0 Å². The van der Waals surface area contributed by atoms with Gasteiger partial charge in [-0.05, 0) is 6.92 Å². The van der Waals surface area contributed by atoms with Crippen LogP contribution in [0.1, 0.15) is 28.8 Å². The molecule has 21 heavy (non-hydrogen) atoms. The van der Waals surface area contributed by atoms with Gasteiger partial charge in [-0.3, -0.25) is 4.79 Å². The average Bonchev–Trinajstić information content (AvgIpc) is 2.96. The molecule has 0 aliphatic carbocycles. The first-order valence-electron chi connectivity index (χ1n) is 6.09. The zero-order chi connectivity index (χ0) is 15.6. The molecular weight excluding hydrogens is 311 g/mol. The van der Waals surface area contributed by atoms with Crippen LogP contribution in [0.2, 0.25) is 0 Å². The molecule has 1 amide bonds. The molecule has 1 aromatic heterocycles. The second-order valence-corrected chi connectivity index (χ2v) is 5.26. The van der Waals surface area contributed by atoms with E-state index in [4.69, 9.17) is 4.74 Å². The van der Waals surface area contributed by atoms with Crippen molar-refractivity contribution in [3.63, 3.8) is 0 Å². The van der Waals surface area contributed by atoms with Gasteiger partial charge in [-0.25, -0.2) is 9.78 Å². The number of esters is 1.